The van der Waals surface area contributed by atoms with Crippen LogP contribution in [0.5, 0.6) is 0 Å². The van der Waals surface area contributed by atoms with Gasteiger partial charge in [-0.3, -0.25) is 0 Å². The Hall–Kier alpha value is -1.74. The molecule has 1 aromatic rings. The van der Waals surface area contributed by atoms with E-state index in [2.05, 4.69) is 11.8 Å². The molecule has 92 valence electrons. The first-order chi connectivity index (χ1) is 7.86. The Morgan fingerprint density at radius 1 is 1.29 bits per heavy atom. The molecule has 0 spiro atoms. The molecule has 2 nitrogen and oxygen atoms in total. The molecule has 17 heavy (non-hydrogen) atoms. The zero-order valence-corrected chi connectivity index (χ0v) is 8.61. The van der Waals surface area contributed by atoms with Crippen molar-refractivity contribution in [3.63, 3.8) is 0 Å². The van der Waals surface area contributed by atoms with Crippen LogP contribution in [-0.2, 0) is 6.18 Å². The third-order valence-corrected chi connectivity index (χ3v) is 1.90. The molecule has 0 saturated carbocycles. The first-order valence-corrected chi connectivity index (χ1v) is 4.62. The molecule has 1 rings (SSSR count). The number of nitrogen functional groups attached to an aromatic ring is 1. The van der Waals surface area contributed by atoms with E-state index in [-0.39, 0.29) is 13.0 Å². The number of benzene rings is 1. The van der Waals surface area contributed by atoms with Gasteiger partial charge in [0.1, 0.15) is 5.82 Å². The van der Waals surface area contributed by atoms with E-state index in [9.17, 15) is 17.6 Å². The van der Waals surface area contributed by atoms with E-state index in [0.717, 1.165) is 0 Å². The van der Waals surface area contributed by atoms with Crippen LogP contribution in [0.1, 0.15) is 17.5 Å². The molecular weight excluding hydrogens is 238 g/mol. The van der Waals surface area contributed by atoms with E-state index in [1.165, 1.54) is 0 Å². The summed E-state index contributed by atoms with van der Waals surface area (Å²) in [6.45, 7) is -0.272. The molecule has 0 aliphatic carbocycles. The number of aliphatic hydroxyl groups is 1. The van der Waals surface area contributed by atoms with Gasteiger partial charge in [0.2, 0.25) is 0 Å². The van der Waals surface area contributed by atoms with E-state index >= 15 is 0 Å². The summed E-state index contributed by atoms with van der Waals surface area (Å²) in [6, 6.07) is 1.15. The lowest BCUT2D eigenvalue weighted by molar-refractivity contribution is -0.137. The van der Waals surface area contributed by atoms with Gasteiger partial charge < -0.3 is 10.8 Å². The van der Waals surface area contributed by atoms with Gasteiger partial charge in [-0.15, -0.1) is 0 Å². The van der Waals surface area contributed by atoms with E-state index in [1.807, 2.05) is 0 Å². The molecule has 0 atom stereocenters. The second-order valence-corrected chi connectivity index (χ2v) is 3.19. The van der Waals surface area contributed by atoms with Crippen molar-refractivity contribution in [2.24, 2.45) is 0 Å². The summed E-state index contributed by atoms with van der Waals surface area (Å²) >= 11 is 0. The van der Waals surface area contributed by atoms with Gasteiger partial charge in [0.15, 0.2) is 0 Å². The number of anilines is 1. The average molecular weight is 247 g/mol. The van der Waals surface area contributed by atoms with Crippen LogP contribution in [0.4, 0.5) is 23.2 Å². The van der Waals surface area contributed by atoms with Crippen molar-refractivity contribution in [1.82, 2.24) is 0 Å². The lowest BCUT2D eigenvalue weighted by Gasteiger charge is -2.10. The minimum Gasteiger partial charge on any atom is -0.396 e. The fourth-order valence-electron chi connectivity index (χ4n) is 1.14. The van der Waals surface area contributed by atoms with Gasteiger partial charge in [0.05, 0.1) is 17.9 Å². The van der Waals surface area contributed by atoms with Crippen LogP contribution in [0, 0.1) is 17.7 Å². The van der Waals surface area contributed by atoms with Crippen molar-refractivity contribution in [2.45, 2.75) is 12.6 Å². The topological polar surface area (TPSA) is 46.2 Å². The second kappa shape index (κ2) is 5.06. The molecule has 0 amide bonds. The third-order valence-electron chi connectivity index (χ3n) is 1.90. The zero-order valence-electron chi connectivity index (χ0n) is 8.61. The van der Waals surface area contributed by atoms with Crippen molar-refractivity contribution in [1.29, 1.82) is 0 Å². The highest BCUT2D eigenvalue weighted by molar-refractivity contribution is 5.52. The molecule has 6 heteroatoms. The molecule has 0 saturated heterocycles. The number of hydrogen-bond donors (Lipinski definition) is 2. The highest BCUT2D eigenvalue weighted by Gasteiger charge is 2.34. The molecule has 3 N–H and O–H groups in total. The van der Waals surface area contributed by atoms with E-state index in [0.29, 0.717) is 12.1 Å². The summed E-state index contributed by atoms with van der Waals surface area (Å²) in [5, 5.41) is 8.45. The van der Waals surface area contributed by atoms with E-state index in [1.54, 1.807) is 0 Å². The van der Waals surface area contributed by atoms with Crippen molar-refractivity contribution in [3.8, 4) is 11.8 Å². The van der Waals surface area contributed by atoms with Crippen LogP contribution in [0.2, 0.25) is 0 Å². The Kier molecular flexibility index (Phi) is 3.97. The first-order valence-electron chi connectivity index (χ1n) is 4.62. The van der Waals surface area contributed by atoms with Crippen LogP contribution >= 0.6 is 0 Å². The van der Waals surface area contributed by atoms with Crippen molar-refractivity contribution in [2.75, 3.05) is 12.3 Å². The van der Waals surface area contributed by atoms with Gasteiger partial charge in [-0.25, -0.2) is 4.39 Å². The Morgan fingerprint density at radius 2 is 1.94 bits per heavy atom. The number of halogens is 4. The van der Waals surface area contributed by atoms with Gasteiger partial charge in [0.25, 0.3) is 0 Å². The second-order valence-electron chi connectivity index (χ2n) is 3.19. The SMILES string of the molecule is Nc1cc(C(F)(F)F)c(C#CCCO)cc1F. The molecule has 0 heterocycles. The van der Waals surface area contributed by atoms with Crippen LogP contribution in [-0.4, -0.2) is 11.7 Å². The lowest BCUT2D eigenvalue weighted by Crippen LogP contribution is -2.09. The van der Waals surface area contributed by atoms with Crippen molar-refractivity contribution >= 4 is 5.69 Å². The highest BCUT2D eigenvalue weighted by Crippen LogP contribution is 2.33. The minimum atomic E-state index is -4.65. The summed E-state index contributed by atoms with van der Waals surface area (Å²) in [7, 11) is 0. The van der Waals surface area contributed by atoms with Crippen LogP contribution in [0.3, 0.4) is 0 Å². The van der Waals surface area contributed by atoms with E-state index < -0.39 is 28.8 Å². The Morgan fingerprint density at radius 3 is 2.47 bits per heavy atom. The van der Waals surface area contributed by atoms with Gasteiger partial charge in [0, 0.05) is 12.0 Å². The summed E-state index contributed by atoms with van der Waals surface area (Å²) < 4.78 is 50.8. The normalized spacial score (nSPS) is 10.9. The maximum atomic E-state index is 13.0. The molecule has 0 aromatic heterocycles. The summed E-state index contributed by atoms with van der Waals surface area (Å²) in [5.74, 6) is 3.51. The molecular formula is C11H9F4NO. The fraction of sp³-hybridized carbons (Fsp3) is 0.273. The van der Waals surface area contributed by atoms with Gasteiger partial charge >= 0.3 is 6.18 Å². The Labute approximate surface area is 95.1 Å². The predicted molar refractivity (Wildman–Crippen MR) is 54.4 cm³/mol. The van der Waals surface area contributed by atoms with Gasteiger partial charge in [-0.05, 0) is 12.1 Å². The summed E-state index contributed by atoms with van der Waals surface area (Å²) in [5.41, 5.74) is 2.93. The van der Waals surface area contributed by atoms with Gasteiger partial charge in [-0.1, -0.05) is 11.8 Å². The maximum Gasteiger partial charge on any atom is 0.417 e. The number of alkyl halides is 3. The molecule has 0 bridgehead atoms. The smallest absolute Gasteiger partial charge is 0.396 e. The van der Waals surface area contributed by atoms with Crippen molar-refractivity contribution < 1.29 is 22.7 Å². The number of rotatable bonds is 1. The van der Waals surface area contributed by atoms with Crippen molar-refractivity contribution in [3.05, 3.63) is 29.1 Å². The molecule has 0 fully saturated rings. The molecule has 0 aliphatic rings. The van der Waals surface area contributed by atoms with E-state index in [4.69, 9.17) is 10.8 Å². The lowest BCUT2D eigenvalue weighted by atomic mass is 10.1. The zero-order chi connectivity index (χ0) is 13.1. The standard InChI is InChI=1S/C11H9F4NO/c12-9-5-7(3-1-2-4-17)8(6-10(9)16)11(13,14)15/h5-6,17H,2,4,16H2. The maximum absolute atomic E-state index is 13.0. The number of aliphatic hydroxyl groups excluding tert-OH is 1. The minimum absolute atomic E-state index is 0.0172. The van der Waals surface area contributed by atoms with Crippen LogP contribution < -0.4 is 5.73 Å². The van der Waals surface area contributed by atoms with Crippen LogP contribution in [0.15, 0.2) is 12.1 Å². The summed E-state index contributed by atoms with van der Waals surface area (Å²) in [6.07, 6.45) is -4.63. The quantitative estimate of drug-likeness (QED) is 0.454. The Balaban J connectivity index is 3.28. The monoisotopic (exact) mass is 247 g/mol. The largest absolute Gasteiger partial charge is 0.417 e. The fourth-order valence-corrected chi connectivity index (χ4v) is 1.14. The first kappa shape index (κ1) is 13.3. The van der Waals surface area contributed by atoms with Crippen LogP contribution in [0.25, 0.3) is 0 Å². The average Bonchev–Trinajstić information content (AvgIpc) is 2.21. The highest BCUT2D eigenvalue weighted by atomic mass is 19.4. The number of hydrogen-bond acceptors (Lipinski definition) is 2. The summed E-state index contributed by atoms with van der Waals surface area (Å²) in [4.78, 5) is 0. The molecule has 0 aliphatic heterocycles. The molecule has 0 unspecified atom stereocenters. The molecule has 1 aromatic carbocycles. The molecule has 0 radical (unpaired) electrons. The number of nitrogens with two attached hydrogens (primary N) is 1. The third kappa shape index (κ3) is 3.36. The van der Waals surface area contributed by atoms with Gasteiger partial charge in [-0.2, -0.15) is 13.2 Å². The predicted octanol–water partition coefficient (Wildman–Crippen LogP) is 2.16. The Bertz CT molecular complexity index is 471.